The highest BCUT2D eigenvalue weighted by Gasteiger charge is 2.14. The Hall–Kier alpha value is -2.19. The highest BCUT2D eigenvalue weighted by Crippen LogP contribution is 2.27. The van der Waals surface area contributed by atoms with E-state index >= 15 is 0 Å². The Kier molecular flexibility index (Phi) is 4.21. The average molecular weight is 332 g/mol. The van der Waals surface area contributed by atoms with Crippen LogP contribution in [0.15, 0.2) is 34.8 Å². The molecule has 0 radical (unpaired) electrons. The van der Waals surface area contributed by atoms with E-state index in [2.05, 4.69) is 20.5 Å². The third kappa shape index (κ3) is 3.18. The molecule has 0 saturated heterocycles. The molecule has 2 aromatic heterocycles. The van der Waals surface area contributed by atoms with E-state index in [1.54, 1.807) is 6.20 Å². The fraction of sp³-hybridized carbons (Fsp3) is 0.143. The predicted molar refractivity (Wildman–Crippen MR) is 87.6 cm³/mol. The molecule has 112 valence electrons. The van der Waals surface area contributed by atoms with Crippen molar-refractivity contribution < 1.29 is 9.59 Å². The van der Waals surface area contributed by atoms with Crippen molar-refractivity contribution in [1.29, 1.82) is 0 Å². The Morgan fingerprint density at radius 1 is 1.32 bits per heavy atom. The molecule has 1 amide bonds. The third-order valence-electron chi connectivity index (χ3n) is 2.91. The number of carbonyl (C=O) groups is 2. The number of aromatic amines is 1. The quantitative estimate of drug-likeness (QED) is 0.426. The highest BCUT2D eigenvalue weighted by molar-refractivity contribution is 8.01. The second-order valence-electron chi connectivity index (χ2n) is 4.51. The number of anilines is 1. The number of nitrogens with zero attached hydrogens (tertiary/aromatic N) is 2. The van der Waals surface area contributed by atoms with E-state index in [4.69, 9.17) is 0 Å². The summed E-state index contributed by atoms with van der Waals surface area (Å²) >= 11 is 2.57. The molecule has 3 aromatic rings. The molecule has 0 spiro atoms. The van der Waals surface area contributed by atoms with E-state index in [0.29, 0.717) is 15.0 Å². The van der Waals surface area contributed by atoms with Crippen molar-refractivity contribution in [2.24, 2.45) is 0 Å². The van der Waals surface area contributed by atoms with E-state index in [1.165, 1.54) is 30.0 Å². The molecule has 0 bridgehead atoms. The van der Waals surface area contributed by atoms with Crippen LogP contribution < -0.4 is 5.32 Å². The summed E-state index contributed by atoms with van der Waals surface area (Å²) in [5.74, 6) is 0.109. The number of rotatable bonds is 5. The van der Waals surface area contributed by atoms with Gasteiger partial charge in [0.1, 0.15) is 0 Å². The van der Waals surface area contributed by atoms with E-state index < -0.39 is 0 Å². The number of fused-ring (bicyclic) bond motifs is 1. The number of H-pyrrole nitrogens is 1. The third-order valence-corrected chi connectivity index (χ3v) is 4.88. The highest BCUT2D eigenvalue weighted by atomic mass is 32.2. The van der Waals surface area contributed by atoms with Crippen molar-refractivity contribution in [2.45, 2.75) is 11.3 Å². The molecule has 0 aliphatic carbocycles. The van der Waals surface area contributed by atoms with Crippen molar-refractivity contribution in [2.75, 3.05) is 11.1 Å². The molecule has 22 heavy (non-hydrogen) atoms. The zero-order chi connectivity index (χ0) is 15.5. The van der Waals surface area contributed by atoms with E-state index in [0.717, 1.165) is 10.9 Å². The van der Waals surface area contributed by atoms with Gasteiger partial charge in [-0.15, -0.1) is 10.2 Å². The number of aromatic nitrogens is 3. The lowest BCUT2D eigenvalue weighted by molar-refractivity contribution is -0.114. The number of nitrogens with one attached hydrogen (secondary N) is 2. The predicted octanol–water partition coefficient (Wildman–Crippen LogP) is 2.95. The Morgan fingerprint density at radius 3 is 2.95 bits per heavy atom. The summed E-state index contributed by atoms with van der Waals surface area (Å²) in [5.41, 5.74) is 1.62. The maximum atomic E-state index is 12.3. The van der Waals surface area contributed by atoms with Crippen LogP contribution >= 0.6 is 23.1 Å². The first-order valence-electron chi connectivity index (χ1n) is 6.46. The van der Waals surface area contributed by atoms with Gasteiger partial charge in [-0.2, -0.15) is 0 Å². The zero-order valence-corrected chi connectivity index (χ0v) is 13.3. The maximum absolute atomic E-state index is 12.3. The fourth-order valence-electron chi connectivity index (χ4n) is 1.98. The number of para-hydroxylation sites is 1. The molecule has 8 heteroatoms. The van der Waals surface area contributed by atoms with Crippen LogP contribution in [0.4, 0.5) is 5.13 Å². The summed E-state index contributed by atoms with van der Waals surface area (Å²) in [6.07, 6.45) is 1.73. The first-order chi connectivity index (χ1) is 10.6. The summed E-state index contributed by atoms with van der Waals surface area (Å²) in [6, 6.07) is 7.68. The second kappa shape index (κ2) is 6.29. The van der Waals surface area contributed by atoms with Gasteiger partial charge in [0.05, 0.1) is 5.75 Å². The lowest BCUT2D eigenvalue weighted by Gasteiger charge is -1.97. The maximum Gasteiger partial charge on any atom is 0.223 e. The molecule has 0 atom stereocenters. The van der Waals surface area contributed by atoms with Crippen LogP contribution in [0.2, 0.25) is 0 Å². The minimum absolute atomic E-state index is 0.0266. The van der Waals surface area contributed by atoms with Crippen molar-refractivity contribution in [3.63, 3.8) is 0 Å². The molecule has 0 unspecified atom stereocenters. The number of benzene rings is 1. The molecule has 0 aliphatic heterocycles. The van der Waals surface area contributed by atoms with Gasteiger partial charge in [-0.05, 0) is 6.07 Å². The topological polar surface area (TPSA) is 87.7 Å². The molecule has 0 saturated carbocycles. The van der Waals surface area contributed by atoms with E-state index in [1.807, 2.05) is 24.3 Å². The van der Waals surface area contributed by atoms with Crippen LogP contribution in [0.3, 0.4) is 0 Å². The molecular formula is C14H12N4O2S2. The van der Waals surface area contributed by atoms with Crippen molar-refractivity contribution in [1.82, 2.24) is 15.2 Å². The largest absolute Gasteiger partial charge is 0.360 e. The van der Waals surface area contributed by atoms with Gasteiger partial charge in [0.2, 0.25) is 11.0 Å². The standard InChI is InChI=1S/C14H12N4O2S2/c1-8(19)16-13-17-18-14(22-13)21-7-12(20)10-6-15-11-5-3-2-4-9(10)11/h2-6,15H,7H2,1H3,(H,16,17,19). The van der Waals surface area contributed by atoms with E-state index in [-0.39, 0.29) is 17.4 Å². The van der Waals surface area contributed by atoms with Gasteiger partial charge >= 0.3 is 0 Å². The Balaban J connectivity index is 1.67. The number of carbonyl (C=O) groups excluding carboxylic acids is 2. The fourth-order valence-corrected chi connectivity index (χ4v) is 3.66. The Labute approximate surface area is 134 Å². The molecule has 0 aliphatic rings. The molecular weight excluding hydrogens is 320 g/mol. The van der Waals surface area contributed by atoms with Crippen LogP contribution in [0.5, 0.6) is 0 Å². The number of thioether (sulfide) groups is 1. The van der Waals surface area contributed by atoms with Crippen LogP contribution in [0, 0.1) is 0 Å². The number of hydrogen-bond acceptors (Lipinski definition) is 6. The zero-order valence-electron chi connectivity index (χ0n) is 11.6. The van der Waals surface area contributed by atoms with Crippen molar-refractivity contribution in [3.8, 4) is 0 Å². The molecule has 2 heterocycles. The summed E-state index contributed by atoms with van der Waals surface area (Å²) in [4.78, 5) is 26.3. The molecule has 0 fully saturated rings. The molecule has 1 aromatic carbocycles. The molecule has 3 rings (SSSR count). The summed E-state index contributed by atoms with van der Waals surface area (Å²) < 4.78 is 0.650. The van der Waals surface area contributed by atoms with Crippen LogP contribution in [-0.2, 0) is 4.79 Å². The molecule has 6 nitrogen and oxygen atoms in total. The lowest BCUT2D eigenvalue weighted by atomic mass is 10.1. The van der Waals surface area contributed by atoms with Crippen molar-refractivity contribution >= 4 is 50.8 Å². The first-order valence-corrected chi connectivity index (χ1v) is 8.27. The second-order valence-corrected chi connectivity index (χ2v) is 6.71. The van der Waals surface area contributed by atoms with Gasteiger partial charge in [-0.1, -0.05) is 41.3 Å². The van der Waals surface area contributed by atoms with Gasteiger partial charge in [-0.25, -0.2) is 0 Å². The first kappa shape index (κ1) is 14.7. The monoisotopic (exact) mass is 332 g/mol. The Bertz CT molecular complexity index is 840. The van der Waals surface area contributed by atoms with Crippen LogP contribution in [0.1, 0.15) is 17.3 Å². The minimum Gasteiger partial charge on any atom is -0.360 e. The SMILES string of the molecule is CC(=O)Nc1nnc(SCC(=O)c2c[nH]c3ccccc23)s1. The summed E-state index contributed by atoms with van der Waals surface area (Å²) in [7, 11) is 0. The Morgan fingerprint density at radius 2 is 2.14 bits per heavy atom. The van der Waals surface area contributed by atoms with Gasteiger partial charge in [0.25, 0.3) is 0 Å². The number of hydrogen-bond donors (Lipinski definition) is 2. The van der Waals surface area contributed by atoms with Crippen LogP contribution in [-0.4, -0.2) is 32.6 Å². The lowest BCUT2D eigenvalue weighted by Crippen LogP contribution is -2.04. The number of amides is 1. The summed E-state index contributed by atoms with van der Waals surface area (Å²) in [6.45, 7) is 1.41. The minimum atomic E-state index is -0.192. The normalized spacial score (nSPS) is 10.8. The smallest absolute Gasteiger partial charge is 0.223 e. The van der Waals surface area contributed by atoms with Gasteiger partial charge in [-0.3, -0.25) is 9.59 Å². The van der Waals surface area contributed by atoms with Crippen molar-refractivity contribution in [3.05, 3.63) is 36.0 Å². The van der Waals surface area contributed by atoms with Gasteiger partial charge < -0.3 is 10.3 Å². The van der Waals surface area contributed by atoms with Gasteiger partial charge in [0.15, 0.2) is 10.1 Å². The average Bonchev–Trinajstić information content (AvgIpc) is 3.10. The van der Waals surface area contributed by atoms with Gasteiger partial charge in [0, 0.05) is 29.6 Å². The number of Topliss-reactive ketones (excluding diaryl/α,β-unsaturated/α-hetero) is 1. The summed E-state index contributed by atoms with van der Waals surface area (Å²) in [5, 5.41) is 11.7. The van der Waals surface area contributed by atoms with E-state index in [9.17, 15) is 9.59 Å². The number of ketones is 1. The molecule has 2 N–H and O–H groups in total. The van der Waals surface area contributed by atoms with Crippen LogP contribution in [0.25, 0.3) is 10.9 Å².